The van der Waals surface area contributed by atoms with E-state index >= 15 is 0 Å². The van der Waals surface area contributed by atoms with E-state index in [9.17, 15) is 13.2 Å². The summed E-state index contributed by atoms with van der Waals surface area (Å²) in [6, 6.07) is 15.6. The van der Waals surface area contributed by atoms with Gasteiger partial charge in [-0.05, 0) is 29.8 Å². The number of sulfonamides is 1. The Bertz CT molecular complexity index is 756. The normalized spacial score (nSPS) is 11.4. The van der Waals surface area contributed by atoms with Gasteiger partial charge in [0.25, 0.3) is 0 Å². The number of carbonyl (C=O) groups is 1. The van der Waals surface area contributed by atoms with Gasteiger partial charge in [-0.25, -0.2) is 8.42 Å². The first kappa shape index (κ1) is 17.2. The standard InChI is InChI=1S/C17H20N2O3S/c1-3-17(20)18-15-9-11-16(12-10-15)23(21,22)19(2)13-14-7-5-4-6-8-14/h4-12H,3,13H2,1-2H3,(H,18,20). The number of anilines is 1. The Morgan fingerprint density at radius 3 is 2.22 bits per heavy atom. The molecule has 0 heterocycles. The summed E-state index contributed by atoms with van der Waals surface area (Å²) in [7, 11) is -2.02. The number of hydrogen-bond donors (Lipinski definition) is 1. The summed E-state index contributed by atoms with van der Waals surface area (Å²) in [5, 5.41) is 2.69. The van der Waals surface area contributed by atoms with Crippen LogP contribution in [-0.4, -0.2) is 25.7 Å². The third kappa shape index (κ3) is 4.40. The summed E-state index contributed by atoms with van der Waals surface area (Å²) in [5.41, 5.74) is 1.51. The van der Waals surface area contributed by atoms with Crippen LogP contribution in [0.15, 0.2) is 59.5 Å². The predicted octanol–water partition coefficient (Wildman–Crippen LogP) is 2.86. The minimum atomic E-state index is -3.57. The zero-order valence-corrected chi connectivity index (χ0v) is 14.0. The van der Waals surface area contributed by atoms with Gasteiger partial charge in [0.2, 0.25) is 15.9 Å². The summed E-state index contributed by atoms with van der Waals surface area (Å²) in [6.07, 6.45) is 0.375. The van der Waals surface area contributed by atoms with E-state index in [4.69, 9.17) is 0 Å². The van der Waals surface area contributed by atoms with Crippen molar-refractivity contribution in [1.29, 1.82) is 0 Å². The number of amides is 1. The smallest absolute Gasteiger partial charge is 0.243 e. The average molecular weight is 332 g/mol. The summed E-state index contributed by atoms with van der Waals surface area (Å²) >= 11 is 0. The highest BCUT2D eigenvalue weighted by Gasteiger charge is 2.20. The van der Waals surface area contributed by atoms with Crippen molar-refractivity contribution in [3.8, 4) is 0 Å². The van der Waals surface area contributed by atoms with Crippen molar-refractivity contribution in [2.24, 2.45) is 0 Å². The van der Waals surface area contributed by atoms with E-state index in [1.807, 2.05) is 30.3 Å². The molecule has 0 spiro atoms. The van der Waals surface area contributed by atoms with Crippen molar-refractivity contribution >= 4 is 21.6 Å². The van der Waals surface area contributed by atoms with E-state index in [1.54, 1.807) is 26.1 Å². The fraction of sp³-hybridized carbons (Fsp3) is 0.235. The predicted molar refractivity (Wildman–Crippen MR) is 90.5 cm³/mol. The van der Waals surface area contributed by atoms with Crippen LogP contribution in [0.2, 0.25) is 0 Å². The van der Waals surface area contributed by atoms with Crippen LogP contribution in [0.25, 0.3) is 0 Å². The van der Waals surface area contributed by atoms with Gasteiger partial charge in [-0.2, -0.15) is 4.31 Å². The van der Waals surface area contributed by atoms with Crippen molar-refractivity contribution in [1.82, 2.24) is 4.31 Å². The van der Waals surface area contributed by atoms with Gasteiger partial charge in [-0.3, -0.25) is 4.79 Å². The molecule has 2 aromatic carbocycles. The van der Waals surface area contributed by atoms with Gasteiger partial charge in [-0.15, -0.1) is 0 Å². The number of rotatable bonds is 6. The second-order valence-corrected chi connectivity index (χ2v) is 7.22. The molecule has 0 aliphatic rings. The molecule has 0 radical (unpaired) electrons. The highest BCUT2D eigenvalue weighted by Crippen LogP contribution is 2.19. The molecular formula is C17H20N2O3S. The molecule has 0 bridgehead atoms. The number of benzene rings is 2. The molecule has 2 rings (SSSR count). The molecule has 1 N–H and O–H groups in total. The van der Waals surface area contributed by atoms with E-state index in [1.165, 1.54) is 16.4 Å². The first-order valence-corrected chi connectivity index (χ1v) is 8.77. The number of nitrogens with zero attached hydrogens (tertiary/aromatic N) is 1. The fourth-order valence-corrected chi connectivity index (χ4v) is 3.22. The lowest BCUT2D eigenvalue weighted by atomic mass is 10.2. The second-order valence-electron chi connectivity index (χ2n) is 5.17. The molecule has 0 saturated heterocycles. The molecule has 23 heavy (non-hydrogen) atoms. The Balaban J connectivity index is 2.14. The van der Waals surface area contributed by atoms with Gasteiger partial charge in [0.15, 0.2) is 0 Å². The largest absolute Gasteiger partial charge is 0.326 e. The topological polar surface area (TPSA) is 66.5 Å². The van der Waals surface area contributed by atoms with Gasteiger partial charge in [0, 0.05) is 25.7 Å². The van der Waals surface area contributed by atoms with Crippen molar-refractivity contribution in [3.63, 3.8) is 0 Å². The van der Waals surface area contributed by atoms with Crippen LogP contribution in [0.3, 0.4) is 0 Å². The fourth-order valence-electron chi connectivity index (χ4n) is 2.07. The van der Waals surface area contributed by atoms with Crippen LogP contribution >= 0.6 is 0 Å². The van der Waals surface area contributed by atoms with Crippen LogP contribution < -0.4 is 5.32 Å². The van der Waals surface area contributed by atoms with Crippen LogP contribution in [0.4, 0.5) is 5.69 Å². The first-order valence-electron chi connectivity index (χ1n) is 7.33. The summed E-state index contributed by atoms with van der Waals surface area (Å²) in [5.74, 6) is -0.109. The van der Waals surface area contributed by atoms with Gasteiger partial charge >= 0.3 is 0 Å². The molecule has 0 atom stereocenters. The summed E-state index contributed by atoms with van der Waals surface area (Å²) in [4.78, 5) is 11.5. The lowest BCUT2D eigenvalue weighted by molar-refractivity contribution is -0.115. The number of carbonyl (C=O) groups excluding carboxylic acids is 1. The Kier molecular flexibility index (Phi) is 5.52. The van der Waals surface area contributed by atoms with Crippen molar-refractivity contribution in [2.45, 2.75) is 24.8 Å². The second kappa shape index (κ2) is 7.39. The minimum absolute atomic E-state index is 0.109. The van der Waals surface area contributed by atoms with Gasteiger partial charge in [0.1, 0.15) is 0 Å². The Morgan fingerprint density at radius 1 is 1.04 bits per heavy atom. The van der Waals surface area contributed by atoms with Crippen LogP contribution in [-0.2, 0) is 21.4 Å². The third-order valence-corrected chi connectivity index (χ3v) is 5.23. The molecule has 0 unspecified atom stereocenters. The zero-order chi connectivity index (χ0) is 16.9. The quantitative estimate of drug-likeness (QED) is 0.884. The van der Waals surface area contributed by atoms with Crippen molar-refractivity contribution < 1.29 is 13.2 Å². The molecule has 0 aliphatic carbocycles. The molecule has 2 aromatic rings. The monoisotopic (exact) mass is 332 g/mol. The van der Waals surface area contributed by atoms with E-state index in [0.717, 1.165) is 5.56 Å². The Morgan fingerprint density at radius 2 is 1.65 bits per heavy atom. The zero-order valence-electron chi connectivity index (χ0n) is 13.2. The molecule has 0 saturated carbocycles. The van der Waals surface area contributed by atoms with Crippen molar-refractivity contribution in [2.75, 3.05) is 12.4 Å². The van der Waals surface area contributed by atoms with Crippen LogP contribution in [0.1, 0.15) is 18.9 Å². The van der Waals surface area contributed by atoms with Gasteiger partial charge < -0.3 is 5.32 Å². The highest BCUT2D eigenvalue weighted by atomic mass is 32.2. The Hall–Kier alpha value is -2.18. The van der Waals surface area contributed by atoms with E-state index in [2.05, 4.69) is 5.32 Å². The van der Waals surface area contributed by atoms with Gasteiger partial charge in [0.05, 0.1) is 4.90 Å². The van der Waals surface area contributed by atoms with E-state index in [0.29, 0.717) is 18.7 Å². The molecular weight excluding hydrogens is 312 g/mol. The maximum absolute atomic E-state index is 12.6. The van der Waals surface area contributed by atoms with Crippen molar-refractivity contribution in [3.05, 3.63) is 60.2 Å². The first-order chi connectivity index (χ1) is 10.9. The lowest BCUT2D eigenvalue weighted by Gasteiger charge is -2.17. The summed E-state index contributed by atoms with van der Waals surface area (Å²) < 4.78 is 26.4. The summed E-state index contributed by atoms with van der Waals surface area (Å²) in [6.45, 7) is 2.06. The lowest BCUT2D eigenvalue weighted by Crippen LogP contribution is -2.26. The number of nitrogens with one attached hydrogen (secondary N) is 1. The maximum Gasteiger partial charge on any atom is 0.243 e. The molecule has 5 nitrogen and oxygen atoms in total. The molecule has 0 aliphatic heterocycles. The molecule has 0 aromatic heterocycles. The van der Waals surface area contributed by atoms with E-state index < -0.39 is 10.0 Å². The van der Waals surface area contributed by atoms with Gasteiger partial charge in [-0.1, -0.05) is 37.3 Å². The third-order valence-electron chi connectivity index (χ3n) is 3.42. The SMILES string of the molecule is CCC(=O)Nc1ccc(S(=O)(=O)N(C)Cc2ccccc2)cc1. The molecule has 6 heteroatoms. The average Bonchev–Trinajstić information content (AvgIpc) is 2.56. The maximum atomic E-state index is 12.6. The van der Waals surface area contributed by atoms with E-state index in [-0.39, 0.29) is 10.8 Å². The highest BCUT2D eigenvalue weighted by molar-refractivity contribution is 7.89. The van der Waals surface area contributed by atoms with Crippen LogP contribution in [0.5, 0.6) is 0 Å². The van der Waals surface area contributed by atoms with Crippen LogP contribution in [0, 0.1) is 0 Å². The number of hydrogen-bond acceptors (Lipinski definition) is 3. The minimum Gasteiger partial charge on any atom is -0.326 e. The molecule has 122 valence electrons. The molecule has 1 amide bonds. The molecule has 0 fully saturated rings. The Labute approximate surface area is 137 Å².